The average Bonchev–Trinajstić information content (AvgIpc) is 2.62. The maximum atomic E-state index is 3.81. The lowest BCUT2D eigenvalue weighted by molar-refractivity contribution is 0.224. The molecule has 0 bridgehead atoms. The molecular weight excluding hydrogens is 202 g/mol. The Morgan fingerprint density at radius 2 is 2.07 bits per heavy atom. The fraction of sp³-hybridized carbons (Fsp3) is 0.692. The monoisotopic (exact) mass is 221 g/mol. The molecule has 3 rings (SSSR count). The van der Waals surface area contributed by atoms with Gasteiger partial charge < -0.3 is 5.32 Å². The van der Waals surface area contributed by atoms with Gasteiger partial charge in [0.05, 0.1) is 0 Å². The maximum Gasteiger partial charge on any atom is 0.0445 e. The van der Waals surface area contributed by atoms with E-state index in [9.17, 15) is 0 Å². The zero-order valence-electron chi connectivity index (χ0n) is 9.44. The van der Waals surface area contributed by atoms with Gasteiger partial charge in [-0.25, -0.2) is 0 Å². The molecule has 1 saturated carbocycles. The Kier molecular flexibility index (Phi) is 2.37. The van der Waals surface area contributed by atoms with Crippen molar-refractivity contribution in [3.8, 4) is 0 Å². The summed E-state index contributed by atoms with van der Waals surface area (Å²) in [6.07, 6.45) is 8.20. The summed E-state index contributed by atoms with van der Waals surface area (Å²) >= 11 is 2.02. The highest BCUT2D eigenvalue weighted by molar-refractivity contribution is 7.12. The van der Waals surface area contributed by atoms with E-state index in [1.165, 1.54) is 49.9 Å². The highest BCUT2D eigenvalue weighted by Gasteiger charge is 2.38. The number of hydrogen-bond acceptors (Lipinski definition) is 2. The minimum absolute atomic E-state index is 0.372. The molecule has 1 nitrogen and oxygen atoms in total. The van der Waals surface area contributed by atoms with Gasteiger partial charge in [-0.15, -0.1) is 11.3 Å². The topological polar surface area (TPSA) is 12.0 Å². The van der Waals surface area contributed by atoms with E-state index < -0.39 is 0 Å². The first-order valence-electron chi connectivity index (χ1n) is 6.15. The van der Waals surface area contributed by atoms with Gasteiger partial charge in [0.25, 0.3) is 0 Å². The van der Waals surface area contributed by atoms with Crippen molar-refractivity contribution in [1.29, 1.82) is 0 Å². The third-order valence-corrected chi connectivity index (χ3v) is 5.08. The van der Waals surface area contributed by atoms with Crippen LogP contribution in [0.3, 0.4) is 0 Å². The zero-order valence-corrected chi connectivity index (χ0v) is 10.3. The van der Waals surface area contributed by atoms with Crippen molar-refractivity contribution in [1.82, 2.24) is 5.32 Å². The number of nitrogens with one attached hydrogen (secondary N) is 1. The van der Waals surface area contributed by atoms with Crippen LogP contribution in [0.1, 0.15) is 47.4 Å². The molecule has 0 radical (unpaired) electrons. The fourth-order valence-corrected chi connectivity index (χ4v) is 4.40. The molecule has 15 heavy (non-hydrogen) atoms. The van der Waals surface area contributed by atoms with Crippen LogP contribution in [-0.4, -0.2) is 6.54 Å². The molecule has 1 fully saturated rings. The molecule has 1 N–H and O–H groups in total. The van der Waals surface area contributed by atoms with Gasteiger partial charge in [-0.3, -0.25) is 0 Å². The smallest absolute Gasteiger partial charge is 0.0445 e. The Hall–Kier alpha value is -0.340. The van der Waals surface area contributed by atoms with Crippen LogP contribution in [0.4, 0.5) is 0 Å². The minimum atomic E-state index is 0.372. The van der Waals surface area contributed by atoms with Crippen molar-refractivity contribution in [3.05, 3.63) is 21.4 Å². The molecule has 1 aromatic heterocycles. The molecule has 2 heterocycles. The Bertz CT molecular complexity index is 361. The summed E-state index contributed by atoms with van der Waals surface area (Å²) in [5.74, 6) is 0. The van der Waals surface area contributed by atoms with E-state index in [2.05, 4.69) is 18.3 Å². The molecule has 0 saturated heterocycles. The molecule has 1 aromatic rings. The van der Waals surface area contributed by atoms with Gasteiger partial charge in [0, 0.05) is 21.8 Å². The third kappa shape index (κ3) is 1.55. The standard InChI is InChI=1S/C13H19NS/c1-10-9-11-12(15-10)5-8-14-13(11)6-3-2-4-7-13/h9,14H,2-8H2,1H3. The summed E-state index contributed by atoms with van der Waals surface area (Å²) in [5.41, 5.74) is 2.02. The zero-order chi connectivity index (χ0) is 10.3. The highest BCUT2D eigenvalue weighted by atomic mass is 32.1. The second-order valence-corrected chi connectivity index (χ2v) is 6.35. The second-order valence-electron chi connectivity index (χ2n) is 5.01. The fourth-order valence-electron chi connectivity index (χ4n) is 3.27. The second kappa shape index (κ2) is 3.60. The van der Waals surface area contributed by atoms with Gasteiger partial charge in [-0.05, 0) is 37.8 Å². The predicted molar refractivity (Wildman–Crippen MR) is 65.5 cm³/mol. The van der Waals surface area contributed by atoms with Crippen molar-refractivity contribution < 1.29 is 0 Å². The largest absolute Gasteiger partial charge is 0.307 e. The average molecular weight is 221 g/mol. The summed E-state index contributed by atoms with van der Waals surface area (Å²) in [4.78, 5) is 3.15. The number of aryl methyl sites for hydroxylation is 1. The van der Waals surface area contributed by atoms with Gasteiger partial charge in [0.1, 0.15) is 0 Å². The molecule has 0 aromatic carbocycles. The van der Waals surface area contributed by atoms with Crippen LogP contribution in [0.2, 0.25) is 0 Å². The molecular formula is C13H19NS. The molecule has 2 aliphatic rings. The van der Waals surface area contributed by atoms with Gasteiger partial charge in [-0.1, -0.05) is 19.3 Å². The lowest BCUT2D eigenvalue weighted by Crippen LogP contribution is -2.47. The van der Waals surface area contributed by atoms with Crippen LogP contribution >= 0.6 is 11.3 Å². The molecule has 0 atom stereocenters. The third-order valence-electron chi connectivity index (χ3n) is 3.97. The number of hydrogen-bond donors (Lipinski definition) is 1. The molecule has 1 aliphatic carbocycles. The van der Waals surface area contributed by atoms with Crippen LogP contribution in [0.15, 0.2) is 6.07 Å². The van der Waals surface area contributed by atoms with Gasteiger partial charge in [-0.2, -0.15) is 0 Å². The van der Waals surface area contributed by atoms with Gasteiger partial charge in [0.2, 0.25) is 0 Å². The van der Waals surface area contributed by atoms with E-state index in [1.54, 1.807) is 10.4 Å². The van der Waals surface area contributed by atoms with Crippen molar-refractivity contribution in [2.75, 3.05) is 6.54 Å². The number of fused-ring (bicyclic) bond motifs is 2. The highest BCUT2D eigenvalue weighted by Crippen LogP contribution is 2.43. The quantitative estimate of drug-likeness (QED) is 0.708. The van der Waals surface area contributed by atoms with Crippen molar-refractivity contribution in [3.63, 3.8) is 0 Å². The molecule has 1 aliphatic heterocycles. The Balaban J connectivity index is 2.03. The summed E-state index contributed by atoms with van der Waals surface area (Å²) in [6, 6.07) is 2.44. The summed E-state index contributed by atoms with van der Waals surface area (Å²) < 4.78 is 0. The van der Waals surface area contributed by atoms with Crippen molar-refractivity contribution in [2.24, 2.45) is 0 Å². The summed E-state index contributed by atoms with van der Waals surface area (Å²) in [5, 5.41) is 3.81. The lowest BCUT2D eigenvalue weighted by atomic mass is 9.75. The summed E-state index contributed by atoms with van der Waals surface area (Å²) in [6.45, 7) is 3.44. The van der Waals surface area contributed by atoms with Crippen LogP contribution < -0.4 is 5.32 Å². The Morgan fingerprint density at radius 3 is 2.87 bits per heavy atom. The Morgan fingerprint density at radius 1 is 1.27 bits per heavy atom. The van der Waals surface area contributed by atoms with Gasteiger partial charge >= 0.3 is 0 Å². The number of thiophene rings is 1. The van der Waals surface area contributed by atoms with Crippen LogP contribution in [0.25, 0.3) is 0 Å². The summed E-state index contributed by atoms with van der Waals surface area (Å²) in [7, 11) is 0. The minimum Gasteiger partial charge on any atom is -0.307 e. The molecule has 2 heteroatoms. The first kappa shape index (κ1) is 9.86. The molecule has 82 valence electrons. The predicted octanol–water partition coefficient (Wildman–Crippen LogP) is 3.36. The van der Waals surface area contributed by atoms with E-state index in [0.717, 1.165) is 0 Å². The van der Waals surface area contributed by atoms with E-state index >= 15 is 0 Å². The SMILES string of the molecule is Cc1cc2c(s1)CCNC21CCCCC1. The molecule has 1 spiro atoms. The van der Waals surface area contributed by atoms with Crippen LogP contribution in [-0.2, 0) is 12.0 Å². The van der Waals surface area contributed by atoms with Crippen molar-refractivity contribution in [2.45, 2.75) is 51.0 Å². The van der Waals surface area contributed by atoms with E-state index in [1.807, 2.05) is 11.3 Å². The van der Waals surface area contributed by atoms with Crippen LogP contribution in [0, 0.1) is 6.92 Å². The first-order chi connectivity index (χ1) is 7.30. The van der Waals surface area contributed by atoms with E-state index in [0.29, 0.717) is 5.54 Å². The molecule has 0 unspecified atom stereocenters. The number of rotatable bonds is 0. The molecule has 0 amide bonds. The van der Waals surface area contributed by atoms with E-state index in [4.69, 9.17) is 0 Å². The van der Waals surface area contributed by atoms with Crippen LogP contribution in [0.5, 0.6) is 0 Å². The van der Waals surface area contributed by atoms with Gasteiger partial charge in [0.15, 0.2) is 0 Å². The van der Waals surface area contributed by atoms with Crippen molar-refractivity contribution >= 4 is 11.3 Å². The maximum absolute atomic E-state index is 3.81. The Labute approximate surface area is 95.9 Å². The van der Waals surface area contributed by atoms with E-state index in [-0.39, 0.29) is 0 Å². The first-order valence-corrected chi connectivity index (χ1v) is 6.97. The lowest BCUT2D eigenvalue weighted by Gasteiger charge is -2.41. The normalized spacial score (nSPS) is 24.1.